The molecule has 0 unspecified atom stereocenters. The highest BCUT2D eigenvalue weighted by Gasteiger charge is 2.16. The van der Waals surface area contributed by atoms with Crippen LogP contribution in [0, 0.1) is 0 Å². The number of hydrogen-bond donors (Lipinski definition) is 0. The first-order valence-corrected chi connectivity index (χ1v) is 17.3. The van der Waals surface area contributed by atoms with Crippen molar-refractivity contribution in [3.8, 4) is 56.5 Å². The van der Waals surface area contributed by atoms with Crippen molar-refractivity contribution in [2.24, 2.45) is 0 Å². The summed E-state index contributed by atoms with van der Waals surface area (Å²) in [5, 5.41) is 6.59. The molecule has 0 aliphatic carbocycles. The van der Waals surface area contributed by atoms with Gasteiger partial charge in [-0.25, -0.2) is 19.9 Å². The van der Waals surface area contributed by atoms with E-state index in [1.54, 1.807) is 0 Å². The molecule has 0 radical (unpaired) electrons. The van der Waals surface area contributed by atoms with Crippen molar-refractivity contribution in [3.63, 3.8) is 0 Å². The lowest BCUT2D eigenvalue weighted by molar-refractivity contribution is 1.08. The molecule has 0 amide bonds. The molecule has 0 saturated carbocycles. The van der Waals surface area contributed by atoms with E-state index in [1.807, 2.05) is 48.7 Å². The van der Waals surface area contributed by atoms with Gasteiger partial charge in [0.1, 0.15) is 0 Å². The van der Waals surface area contributed by atoms with E-state index in [4.69, 9.17) is 19.9 Å². The minimum absolute atomic E-state index is 0.625. The van der Waals surface area contributed by atoms with Crippen LogP contribution in [0.3, 0.4) is 0 Å². The first kappa shape index (κ1) is 29.8. The smallest absolute Gasteiger partial charge is 0.164 e. The Balaban J connectivity index is 1.10. The monoisotopic (exact) mass is 663 g/mol. The maximum atomic E-state index is 5.17. The van der Waals surface area contributed by atoms with Crippen LogP contribution in [-0.4, -0.2) is 24.9 Å². The van der Waals surface area contributed by atoms with E-state index in [-0.39, 0.29) is 0 Å². The van der Waals surface area contributed by atoms with Crippen LogP contribution in [0.4, 0.5) is 0 Å². The molecule has 242 valence electrons. The largest absolute Gasteiger partial charge is 0.254 e. The van der Waals surface area contributed by atoms with E-state index in [0.29, 0.717) is 17.5 Å². The quantitative estimate of drug-likeness (QED) is 0.171. The van der Waals surface area contributed by atoms with Gasteiger partial charge in [-0.1, -0.05) is 133 Å². The Morgan fingerprint density at radius 1 is 0.308 bits per heavy atom. The van der Waals surface area contributed by atoms with Gasteiger partial charge in [-0.05, 0) is 69.1 Å². The van der Waals surface area contributed by atoms with Gasteiger partial charge in [0.25, 0.3) is 0 Å². The number of benzene rings is 7. The minimum Gasteiger partial charge on any atom is -0.254 e. The van der Waals surface area contributed by atoms with Gasteiger partial charge in [0.15, 0.2) is 17.5 Å². The van der Waals surface area contributed by atoms with Crippen LogP contribution in [0.15, 0.2) is 176 Å². The van der Waals surface area contributed by atoms with Gasteiger partial charge in [0.2, 0.25) is 0 Å². The predicted octanol–water partition coefficient (Wildman–Crippen LogP) is 11.6. The van der Waals surface area contributed by atoms with Crippen LogP contribution in [0.25, 0.3) is 99.9 Å². The molecule has 0 bridgehead atoms. The minimum atomic E-state index is 0.625. The van der Waals surface area contributed by atoms with Crippen LogP contribution in [-0.2, 0) is 0 Å². The summed E-state index contributed by atoms with van der Waals surface area (Å²) >= 11 is 0. The fourth-order valence-electron chi connectivity index (χ4n) is 7.06. The second-order valence-corrected chi connectivity index (χ2v) is 13.0. The summed E-state index contributed by atoms with van der Waals surface area (Å²) in [6.07, 6.45) is 1.83. The Morgan fingerprint density at radius 2 is 0.885 bits per heavy atom. The molecule has 52 heavy (non-hydrogen) atoms. The van der Waals surface area contributed by atoms with Gasteiger partial charge in [-0.2, -0.15) is 0 Å². The Labute approximate surface area is 300 Å². The summed E-state index contributed by atoms with van der Waals surface area (Å²) < 4.78 is 0. The predicted molar refractivity (Wildman–Crippen MR) is 213 cm³/mol. The van der Waals surface area contributed by atoms with Gasteiger partial charge in [-0.15, -0.1) is 0 Å². The van der Waals surface area contributed by atoms with Crippen LogP contribution >= 0.6 is 0 Å². The lowest BCUT2D eigenvalue weighted by Gasteiger charge is -2.13. The molecule has 0 aliphatic heterocycles. The molecule has 5 nitrogen and oxygen atoms in total. The third kappa shape index (κ3) is 5.32. The molecule has 10 aromatic rings. The van der Waals surface area contributed by atoms with Crippen molar-refractivity contribution in [1.29, 1.82) is 0 Å². The van der Waals surface area contributed by atoms with Crippen molar-refractivity contribution in [1.82, 2.24) is 24.9 Å². The number of fused-ring (bicyclic) bond motifs is 5. The summed E-state index contributed by atoms with van der Waals surface area (Å²) in [5.41, 5.74) is 8.87. The lowest BCUT2D eigenvalue weighted by atomic mass is 9.96. The van der Waals surface area contributed by atoms with E-state index < -0.39 is 0 Å². The first-order chi connectivity index (χ1) is 25.7. The number of aromatic nitrogens is 5. The zero-order chi connectivity index (χ0) is 34.4. The molecule has 0 fully saturated rings. The van der Waals surface area contributed by atoms with Crippen molar-refractivity contribution in [2.45, 2.75) is 0 Å². The van der Waals surface area contributed by atoms with Gasteiger partial charge in [0.05, 0.1) is 16.7 Å². The Kier molecular flexibility index (Phi) is 7.07. The molecule has 3 heterocycles. The highest BCUT2D eigenvalue weighted by atomic mass is 15.0. The molecule has 0 aliphatic rings. The number of hydrogen-bond acceptors (Lipinski definition) is 5. The van der Waals surface area contributed by atoms with Crippen LogP contribution in [0.5, 0.6) is 0 Å². The summed E-state index contributed by atoms with van der Waals surface area (Å²) in [4.78, 5) is 25.0. The molecule has 7 aromatic carbocycles. The fraction of sp³-hybridized carbons (Fsp3) is 0. The molecule has 10 rings (SSSR count). The van der Waals surface area contributed by atoms with Gasteiger partial charge < -0.3 is 0 Å². The number of pyridine rings is 2. The van der Waals surface area contributed by atoms with Gasteiger partial charge in [0, 0.05) is 39.2 Å². The molecule has 0 saturated heterocycles. The Bertz CT molecular complexity index is 2960. The lowest BCUT2D eigenvalue weighted by Crippen LogP contribution is -2.01. The summed E-state index contributed by atoms with van der Waals surface area (Å²) in [6, 6.07) is 58.8. The zero-order valence-corrected chi connectivity index (χ0v) is 28.0. The average Bonchev–Trinajstić information content (AvgIpc) is 3.23. The number of rotatable bonds is 5. The van der Waals surface area contributed by atoms with Crippen LogP contribution in [0.1, 0.15) is 0 Å². The van der Waals surface area contributed by atoms with E-state index in [0.717, 1.165) is 82.4 Å². The van der Waals surface area contributed by atoms with Crippen molar-refractivity contribution in [2.75, 3.05) is 0 Å². The molecule has 5 heteroatoms. The molecular weight excluding hydrogens is 635 g/mol. The summed E-state index contributed by atoms with van der Waals surface area (Å²) in [7, 11) is 0. The van der Waals surface area contributed by atoms with Crippen molar-refractivity contribution < 1.29 is 0 Å². The maximum Gasteiger partial charge on any atom is 0.164 e. The van der Waals surface area contributed by atoms with E-state index in [1.165, 1.54) is 0 Å². The average molecular weight is 664 g/mol. The molecule has 0 spiro atoms. The third-order valence-corrected chi connectivity index (χ3v) is 9.70. The van der Waals surface area contributed by atoms with E-state index >= 15 is 0 Å². The summed E-state index contributed by atoms with van der Waals surface area (Å²) in [6.45, 7) is 0. The van der Waals surface area contributed by atoms with Gasteiger partial charge in [-0.3, -0.25) is 4.98 Å². The molecular formula is C47H29N5. The second-order valence-electron chi connectivity index (χ2n) is 13.0. The van der Waals surface area contributed by atoms with Crippen molar-refractivity contribution in [3.05, 3.63) is 176 Å². The fourth-order valence-corrected chi connectivity index (χ4v) is 7.06. The summed E-state index contributed by atoms with van der Waals surface area (Å²) in [5.74, 6) is 1.90. The Hall–Kier alpha value is -7.11. The molecule has 3 aromatic heterocycles. The maximum absolute atomic E-state index is 5.17. The van der Waals surface area contributed by atoms with E-state index in [2.05, 4.69) is 132 Å². The highest BCUT2D eigenvalue weighted by Crippen LogP contribution is 2.35. The van der Waals surface area contributed by atoms with E-state index in [9.17, 15) is 0 Å². The molecule has 0 N–H and O–H groups in total. The standard InChI is InChI=1S/C47H29N5/c1-3-10-30(11-4-1)39-28-36-14-7-8-16-40(36)41(29-39)47-51-45(33-12-5-2-6-13-33)50-46(52-47)38-22-20-34-26-37(21-19-35(34)27-38)42-24-23-32-18-17-31-15-9-25-48-43(31)44(32)49-42/h1-29H. The highest BCUT2D eigenvalue weighted by molar-refractivity contribution is 6.03. The first-order valence-electron chi connectivity index (χ1n) is 17.3. The number of nitrogens with zero attached hydrogens (tertiary/aromatic N) is 5. The van der Waals surface area contributed by atoms with Crippen molar-refractivity contribution >= 4 is 43.4 Å². The topological polar surface area (TPSA) is 64.5 Å². The normalized spacial score (nSPS) is 11.5. The van der Waals surface area contributed by atoms with Crippen LogP contribution in [0.2, 0.25) is 0 Å². The van der Waals surface area contributed by atoms with Gasteiger partial charge >= 0.3 is 0 Å². The second kappa shape index (κ2) is 12.3. The zero-order valence-electron chi connectivity index (χ0n) is 28.0. The SMILES string of the molecule is c1ccc(-c2cc(-c3nc(-c4ccccc4)nc(-c4ccc5cc(-c6ccc7ccc8cccnc8c7n6)ccc5c4)n3)c3ccccc3c2)cc1. The molecule has 0 atom stereocenters. The Morgan fingerprint density at radius 3 is 1.69 bits per heavy atom. The third-order valence-electron chi connectivity index (χ3n) is 9.70. The van der Waals surface area contributed by atoms with Crippen LogP contribution < -0.4 is 0 Å².